The van der Waals surface area contributed by atoms with E-state index in [1.54, 1.807) is 0 Å². The van der Waals surface area contributed by atoms with E-state index < -0.39 is 0 Å². The zero-order valence-electron chi connectivity index (χ0n) is 26.3. The number of aromatic nitrogens is 2. The molecule has 5 nitrogen and oxygen atoms in total. The summed E-state index contributed by atoms with van der Waals surface area (Å²) in [5.41, 5.74) is 9.83. The van der Waals surface area contributed by atoms with Crippen LogP contribution >= 0.6 is 0 Å². The molecular weight excluding hydrogens is 601 g/mol. The largest absolute Gasteiger partial charge is 0.454 e. The summed E-state index contributed by atoms with van der Waals surface area (Å²) in [6, 6.07) is 54.0. The number of hydrogen-bond acceptors (Lipinski definition) is 3. The number of hydrogen-bond donors (Lipinski definition) is 1. The first-order chi connectivity index (χ1) is 24.2. The topological polar surface area (TPSA) is 59.2 Å². The van der Waals surface area contributed by atoms with Crippen molar-refractivity contribution in [2.24, 2.45) is 4.99 Å². The number of aliphatic imine (C=N–C) groups is 1. The predicted molar refractivity (Wildman–Crippen MR) is 203 cm³/mol. The van der Waals surface area contributed by atoms with Crippen molar-refractivity contribution in [2.45, 2.75) is 0 Å². The molecule has 5 heteroatoms. The summed E-state index contributed by atoms with van der Waals surface area (Å²) in [6.45, 7) is 0. The molecule has 0 saturated carbocycles. The van der Waals surface area contributed by atoms with Crippen molar-refractivity contribution in [1.29, 1.82) is 5.41 Å². The van der Waals surface area contributed by atoms with E-state index in [2.05, 4.69) is 100 Å². The standard InChI is InChI=1S/C44H28N4O/c45-42(28-13-3-1-4-14-28)34-19-7-10-20-37(34)46-27-47-39-26-40-35(30-17-8-11-21-38(30)48(40)29-15-5-2-6-16-29)25-36(39)32-23-24-33-31-18-9-12-22-41(31)49-44(33)43(32)47/h1-27,45H/b45-42?,46-27+. The third-order valence-electron chi connectivity index (χ3n) is 9.66. The maximum absolute atomic E-state index is 9.05. The third-order valence-corrected chi connectivity index (χ3v) is 9.66. The van der Waals surface area contributed by atoms with Gasteiger partial charge in [0.15, 0.2) is 5.58 Å². The quantitative estimate of drug-likeness (QED) is 0.150. The maximum atomic E-state index is 9.05. The van der Waals surface area contributed by atoms with Crippen molar-refractivity contribution in [3.8, 4) is 5.69 Å². The van der Waals surface area contributed by atoms with Gasteiger partial charge in [0.1, 0.15) is 11.9 Å². The summed E-state index contributed by atoms with van der Waals surface area (Å²) < 4.78 is 11.1. The van der Waals surface area contributed by atoms with Crippen LogP contribution in [0, 0.1) is 5.41 Å². The van der Waals surface area contributed by atoms with Gasteiger partial charge in [0.05, 0.1) is 33.5 Å². The second kappa shape index (κ2) is 10.7. The molecule has 0 unspecified atom stereocenters. The number of benzene rings is 7. The van der Waals surface area contributed by atoms with Gasteiger partial charge in [0.2, 0.25) is 0 Å². The van der Waals surface area contributed by atoms with Crippen molar-refractivity contribution < 1.29 is 4.42 Å². The number of furan rings is 1. The van der Waals surface area contributed by atoms with Gasteiger partial charge >= 0.3 is 0 Å². The van der Waals surface area contributed by atoms with Crippen LogP contribution in [0.2, 0.25) is 0 Å². The SMILES string of the molecule is N=C(c1ccccc1)c1ccccc1/N=C/n1c2cc3c(cc2c2ccc4c5ccccc5oc4c21)c1ccccc1n3-c1ccccc1. The molecule has 3 heterocycles. The number of rotatable bonds is 5. The minimum Gasteiger partial charge on any atom is -0.454 e. The summed E-state index contributed by atoms with van der Waals surface area (Å²) in [5.74, 6) is 0. The van der Waals surface area contributed by atoms with Gasteiger partial charge in [-0.3, -0.25) is 9.98 Å². The van der Waals surface area contributed by atoms with E-state index in [1.165, 1.54) is 10.8 Å². The average Bonchev–Trinajstić information content (AvgIpc) is 3.81. The zero-order chi connectivity index (χ0) is 32.5. The molecule has 0 bridgehead atoms. The predicted octanol–water partition coefficient (Wildman–Crippen LogP) is 11.4. The molecule has 1 N–H and O–H groups in total. The van der Waals surface area contributed by atoms with Crippen LogP contribution in [-0.4, -0.2) is 21.2 Å². The molecule has 0 fully saturated rings. The molecule has 0 spiro atoms. The van der Waals surface area contributed by atoms with Crippen LogP contribution in [0.4, 0.5) is 5.69 Å². The minimum atomic E-state index is 0.435. The Bertz CT molecular complexity index is 2940. The van der Waals surface area contributed by atoms with Gasteiger partial charge in [-0.1, -0.05) is 109 Å². The lowest BCUT2D eigenvalue weighted by Crippen LogP contribution is -2.02. The van der Waals surface area contributed by atoms with Crippen molar-refractivity contribution in [1.82, 2.24) is 9.13 Å². The fourth-order valence-electron chi connectivity index (χ4n) is 7.42. The van der Waals surface area contributed by atoms with Gasteiger partial charge in [-0.25, -0.2) is 4.99 Å². The Morgan fingerprint density at radius 1 is 0.551 bits per heavy atom. The first-order valence-electron chi connectivity index (χ1n) is 16.4. The van der Waals surface area contributed by atoms with E-state index in [-0.39, 0.29) is 0 Å². The number of fused-ring (bicyclic) bond motifs is 10. The highest BCUT2D eigenvalue weighted by Crippen LogP contribution is 2.42. The Labute approximate surface area is 281 Å². The van der Waals surface area contributed by atoms with E-state index in [0.717, 1.165) is 77.3 Å². The lowest BCUT2D eigenvalue weighted by atomic mass is 10.0. The van der Waals surface area contributed by atoms with Crippen LogP contribution in [0.15, 0.2) is 167 Å². The first-order valence-corrected chi connectivity index (χ1v) is 16.4. The summed E-state index contributed by atoms with van der Waals surface area (Å²) in [4.78, 5) is 5.11. The van der Waals surface area contributed by atoms with Gasteiger partial charge in [0.25, 0.3) is 0 Å². The highest BCUT2D eigenvalue weighted by Gasteiger charge is 2.21. The summed E-state index contributed by atoms with van der Waals surface area (Å²) in [7, 11) is 0. The Kier molecular flexibility index (Phi) is 5.96. The monoisotopic (exact) mass is 628 g/mol. The smallest absolute Gasteiger partial charge is 0.160 e. The molecule has 10 rings (SSSR count). The molecule has 7 aromatic carbocycles. The molecule has 0 amide bonds. The number of nitrogens with one attached hydrogen (secondary N) is 1. The van der Waals surface area contributed by atoms with Crippen molar-refractivity contribution in [2.75, 3.05) is 0 Å². The van der Waals surface area contributed by atoms with Crippen LogP contribution < -0.4 is 0 Å². The second-order valence-corrected chi connectivity index (χ2v) is 12.4. The fraction of sp³-hybridized carbons (Fsp3) is 0. The highest BCUT2D eigenvalue weighted by molar-refractivity contribution is 6.26. The molecule has 3 aromatic heterocycles. The van der Waals surface area contributed by atoms with E-state index in [9.17, 15) is 0 Å². The third kappa shape index (κ3) is 4.12. The molecule has 0 aliphatic heterocycles. The first kappa shape index (κ1) is 27.4. The van der Waals surface area contributed by atoms with Gasteiger partial charge in [-0.15, -0.1) is 0 Å². The average molecular weight is 629 g/mol. The van der Waals surface area contributed by atoms with Crippen LogP contribution in [0.25, 0.3) is 71.2 Å². The molecule has 49 heavy (non-hydrogen) atoms. The van der Waals surface area contributed by atoms with Crippen molar-refractivity contribution >= 4 is 83.3 Å². The van der Waals surface area contributed by atoms with Crippen LogP contribution in [0.1, 0.15) is 11.1 Å². The van der Waals surface area contributed by atoms with Crippen LogP contribution in [0.3, 0.4) is 0 Å². The molecule has 0 aliphatic carbocycles. The van der Waals surface area contributed by atoms with Gasteiger partial charge in [-0.05, 0) is 48.5 Å². The molecule has 0 saturated heterocycles. The van der Waals surface area contributed by atoms with Gasteiger partial charge in [0, 0.05) is 49.1 Å². The summed E-state index contributed by atoms with van der Waals surface area (Å²) in [6.07, 6.45) is 1.90. The lowest BCUT2D eigenvalue weighted by molar-refractivity contribution is 0.671. The summed E-state index contributed by atoms with van der Waals surface area (Å²) in [5, 5.41) is 15.8. The second-order valence-electron chi connectivity index (χ2n) is 12.4. The fourth-order valence-corrected chi connectivity index (χ4v) is 7.42. The molecule has 0 radical (unpaired) electrons. The molecular formula is C44H28N4O. The van der Waals surface area contributed by atoms with Crippen molar-refractivity contribution in [3.05, 3.63) is 169 Å². The Balaban J connectivity index is 1.30. The summed E-state index contributed by atoms with van der Waals surface area (Å²) >= 11 is 0. The van der Waals surface area contributed by atoms with Gasteiger partial charge < -0.3 is 8.98 Å². The van der Waals surface area contributed by atoms with Crippen molar-refractivity contribution in [3.63, 3.8) is 0 Å². The lowest BCUT2D eigenvalue weighted by Gasteiger charge is -2.09. The van der Waals surface area contributed by atoms with E-state index in [0.29, 0.717) is 5.71 Å². The Hall–Kier alpha value is -6.72. The van der Waals surface area contributed by atoms with Crippen LogP contribution in [0.5, 0.6) is 0 Å². The number of nitrogens with zero attached hydrogens (tertiary/aromatic N) is 3. The number of para-hydroxylation sites is 4. The van der Waals surface area contributed by atoms with Gasteiger partial charge in [-0.2, -0.15) is 0 Å². The Morgan fingerprint density at radius 2 is 1.22 bits per heavy atom. The van der Waals surface area contributed by atoms with E-state index in [4.69, 9.17) is 14.8 Å². The van der Waals surface area contributed by atoms with Crippen LogP contribution in [-0.2, 0) is 0 Å². The molecule has 230 valence electrons. The molecule has 0 aliphatic rings. The zero-order valence-corrected chi connectivity index (χ0v) is 26.3. The van der Waals surface area contributed by atoms with E-state index >= 15 is 0 Å². The van der Waals surface area contributed by atoms with E-state index in [1.807, 2.05) is 73.1 Å². The normalized spacial score (nSPS) is 12.1. The molecule has 0 atom stereocenters. The Morgan fingerprint density at radius 3 is 2.08 bits per heavy atom. The highest BCUT2D eigenvalue weighted by atomic mass is 16.3. The minimum absolute atomic E-state index is 0.435. The molecule has 10 aromatic rings. The maximum Gasteiger partial charge on any atom is 0.160 e.